The Bertz CT molecular complexity index is 1530. The quantitative estimate of drug-likeness (QED) is 0.141. The molecule has 0 fully saturated rings. The van der Waals surface area contributed by atoms with Crippen LogP contribution in [-0.4, -0.2) is 22.1 Å². The number of nitrogens with zero attached hydrogens (tertiary/aromatic N) is 2. The number of rotatable bonds is 10. The summed E-state index contributed by atoms with van der Waals surface area (Å²) in [6, 6.07) is 30.0. The number of carbonyl (C=O) groups is 1. The second-order valence-electron chi connectivity index (χ2n) is 8.74. The summed E-state index contributed by atoms with van der Waals surface area (Å²) in [4.78, 5) is 17.1. The lowest BCUT2D eigenvalue weighted by Gasteiger charge is -2.10. The molecule has 0 radical (unpaired) electrons. The topological polar surface area (TPSA) is 53.4 Å². The molecule has 192 valence electrons. The third-order valence-corrected chi connectivity index (χ3v) is 7.04. The van der Waals surface area contributed by atoms with E-state index < -0.39 is 0 Å². The Morgan fingerprint density at radius 2 is 1.68 bits per heavy atom. The average Bonchev–Trinajstić information content (AvgIpc) is 3.28. The monoisotopic (exact) mass is 526 g/mol. The van der Waals surface area contributed by atoms with Gasteiger partial charge >= 0.3 is 5.97 Å². The summed E-state index contributed by atoms with van der Waals surface area (Å²) in [7, 11) is 0. The summed E-state index contributed by atoms with van der Waals surface area (Å²) < 4.78 is 27.0. The van der Waals surface area contributed by atoms with E-state index >= 15 is 0 Å². The van der Waals surface area contributed by atoms with Crippen LogP contribution in [0.4, 0.5) is 4.39 Å². The molecule has 0 spiro atoms. The van der Waals surface area contributed by atoms with Crippen LogP contribution in [0.15, 0.2) is 102 Å². The molecule has 0 aliphatic carbocycles. The number of carbonyl (C=O) groups excluding carboxylic acids is 1. The minimum Gasteiger partial charge on any atom is -0.489 e. The second kappa shape index (κ2) is 12.0. The van der Waals surface area contributed by atoms with Crippen LogP contribution in [0, 0.1) is 5.82 Å². The van der Waals surface area contributed by atoms with Crippen LogP contribution in [0.1, 0.15) is 34.0 Å². The summed E-state index contributed by atoms with van der Waals surface area (Å²) in [5.41, 5.74) is 5.10. The Morgan fingerprint density at radius 1 is 0.895 bits per heavy atom. The van der Waals surface area contributed by atoms with Crippen molar-refractivity contribution < 1.29 is 18.7 Å². The minimum absolute atomic E-state index is 0.278. The van der Waals surface area contributed by atoms with Gasteiger partial charge in [0.25, 0.3) is 0 Å². The predicted molar refractivity (Wildman–Crippen MR) is 148 cm³/mol. The van der Waals surface area contributed by atoms with Crippen LogP contribution < -0.4 is 4.74 Å². The summed E-state index contributed by atoms with van der Waals surface area (Å²) in [5, 5.41) is 0.787. The number of esters is 1. The van der Waals surface area contributed by atoms with E-state index in [9.17, 15) is 9.18 Å². The molecule has 1 aromatic heterocycles. The van der Waals surface area contributed by atoms with Crippen molar-refractivity contribution in [1.29, 1.82) is 0 Å². The molecule has 0 bridgehead atoms. The zero-order valence-corrected chi connectivity index (χ0v) is 21.8. The van der Waals surface area contributed by atoms with Gasteiger partial charge in [-0.25, -0.2) is 14.2 Å². The summed E-state index contributed by atoms with van der Waals surface area (Å²) >= 11 is 1.59. The first-order valence-corrected chi connectivity index (χ1v) is 13.4. The second-order valence-corrected chi connectivity index (χ2v) is 9.68. The van der Waals surface area contributed by atoms with Gasteiger partial charge in [-0.05, 0) is 66.1 Å². The van der Waals surface area contributed by atoms with Gasteiger partial charge in [-0.3, -0.25) is 0 Å². The number of hydrogen-bond donors (Lipinski definition) is 0. The van der Waals surface area contributed by atoms with Crippen molar-refractivity contribution in [2.75, 3.05) is 6.61 Å². The highest BCUT2D eigenvalue weighted by Gasteiger charge is 2.15. The Kier molecular flexibility index (Phi) is 8.04. The maximum atomic E-state index is 13.9. The van der Waals surface area contributed by atoms with Crippen molar-refractivity contribution >= 4 is 28.8 Å². The first kappa shape index (κ1) is 25.5. The zero-order valence-electron chi connectivity index (χ0n) is 21.0. The molecule has 38 heavy (non-hydrogen) atoms. The molecule has 1 heterocycles. The third-order valence-electron chi connectivity index (χ3n) is 5.99. The first-order chi connectivity index (χ1) is 18.6. The van der Waals surface area contributed by atoms with E-state index in [0.29, 0.717) is 36.6 Å². The fraction of sp³-hybridized carbons (Fsp3) is 0.161. The Morgan fingerprint density at radius 3 is 2.45 bits per heavy atom. The number of hydrogen-bond acceptors (Lipinski definition) is 5. The van der Waals surface area contributed by atoms with Crippen molar-refractivity contribution in [1.82, 2.24) is 9.55 Å². The third kappa shape index (κ3) is 6.23. The highest BCUT2D eigenvalue weighted by molar-refractivity contribution is 7.98. The number of fused-ring (bicyclic) bond motifs is 1. The molecule has 0 N–H and O–H groups in total. The number of benzene rings is 4. The lowest BCUT2D eigenvalue weighted by Crippen LogP contribution is -2.05. The van der Waals surface area contributed by atoms with E-state index in [1.54, 1.807) is 36.9 Å². The molecule has 4 aromatic carbocycles. The molecule has 0 unspecified atom stereocenters. The first-order valence-electron chi connectivity index (χ1n) is 12.4. The predicted octanol–water partition coefficient (Wildman–Crippen LogP) is 7.27. The van der Waals surface area contributed by atoms with E-state index in [1.807, 2.05) is 66.7 Å². The molecule has 7 heteroatoms. The summed E-state index contributed by atoms with van der Waals surface area (Å²) in [6.45, 7) is 3.07. The number of imidazole rings is 1. The van der Waals surface area contributed by atoms with E-state index in [0.717, 1.165) is 33.1 Å². The molecule has 0 amide bonds. The Hall–Kier alpha value is -4.10. The molecular formula is C31H27FN2O3S. The average molecular weight is 527 g/mol. The van der Waals surface area contributed by atoms with Gasteiger partial charge in [-0.2, -0.15) is 0 Å². The van der Waals surface area contributed by atoms with Crippen molar-refractivity contribution in [3.8, 4) is 5.75 Å². The molecule has 5 aromatic rings. The molecule has 0 saturated heterocycles. The molecule has 0 aliphatic rings. The minimum atomic E-state index is -0.377. The SMILES string of the molecule is CCOC(=O)c1ccc2c(c1)nc(SCc1ccc(OCc3ccccc3)cc1)n2Cc1cccc(F)c1. The lowest BCUT2D eigenvalue weighted by molar-refractivity contribution is 0.0526. The van der Waals surface area contributed by atoms with E-state index in [-0.39, 0.29) is 11.8 Å². The molecule has 5 nitrogen and oxygen atoms in total. The maximum Gasteiger partial charge on any atom is 0.338 e. The van der Waals surface area contributed by atoms with Crippen LogP contribution in [0.3, 0.4) is 0 Å². The maximum absolute atomic E-state index is 13.9. The zero-order chi connectivity index (χ0) is 26.3. The molecular weight excluding hydrogens is 499 g/mol. The van der Waals surface area contributed by atoms with Crippen LogP contribution in [0.2, 0.25) is 0 Å². The fourth-order valence-electron chi connectivity index (χ4n) is 4.10. The van der Waals surface area contributed by atoms with Crippen LogP contribution in [0.25, 0.3) is 11.0 Å². The smallest absolute Gasteiger partial charge is 0.338 e. The number of ether oxygens (including phenoxy) is 2. The number of halogens is 1. The van der Waals surface area contributed by atoms with E-state index in [2.05, 4.69) is 4.57 Å². The van der Waals surface area contributed by atoms with Gasteiger partial charge in [0, 0.05) is 5.75 Å². The van der Waals surface area contributed by atoms with Gasteiger partial charge < -0.3 is 14.0 Å². The van der Waals surface area contributed by atoms with Crippen LogP contribution in [-0.2, 0) is 23.6 Å². The van der Waals surface area contributed by atoms with E-state index in [4.69, 9.17) is 14.5 Å². The van der Waals surface area contributed by atoms with Gasteiger partial charge in [0.1, 0.15) is 18.2 Å². The van der Waals surface area contributed by atoms with Gasteiger partial charge in [0.15, 0.2) is 5.16 Å². The van der Waals surface area contributed by atoms with Crippen molar-refractivity contribution in [3.05, 3.63) is 125 Å². The van der Waals surface area contributed by atoms with Crippen molar-refractivity contribution in [3.63, 3.8) is 0 Å². The van der Waals surface area contributed by atoms with Gasteiger partial charge in [-0.1, -0.05) is 66.4 Å². The van der Waals surface area contributed by atoms with E-state index in [1.165, 1.54) is 12.1 Å². The molecule has 0 aliphatic heterocycles. The van der Waals surface area contributed by atoms with Gasteiger partial charge in [0.2, 0.25) is 0 Å². The Balaban J connectivity index is 1.35. The molecule has 0 saturated carbocycles. The van der Waals surface area contributed by atoms with Gasteiger partial charge in [-0.15, -0.1) is 0 Å². The highest BCUT2D eigenvalue weighted by Crippen LogP contribution is 2.29. The van der Waals surface area contributed by atoms with Crippen LogP contribution >= 0.6 is 11.8 Å². The Labute approximate surface area is 225 Å². The number of thioether (sulfide) groups is 1. The van der Waals surface area contributed by atoms with Gasteiger partial charge in [0.05, 0.1) is 29.7 Å². The van der Waals surface area contributed by atoms with Crippen LogP contribution in [0.5, 0.6) is 5.75 Å². The summed E-state index contributed by atoms with van der Waals surface area (Å²) in [5.74, 6) is 0.849. The highest BCUT2D eigenvalue weighted by atomic mass is 32.2. The lowest BCUT2D eigenvalue weighted by atomic mass is 10.2. The normalized spacial score (nSPS) is 11.0. The molecule has 5 rings (SSSR count). The summed E-state index contributed by atoms with van der Waals surface area (Å²) in [6.07, 6.45) is 0. The van der Waals surface area contributed by atoms with Crippen molar-refractivity contribution in [2.45, 2.75) is 31.0 Å². The fourth-order valence-corrected chi connectivity index (χ4v) is 5.07. The standard InChI is InChI=1S/C31H27FN2O3S/c1-2-36-30(35)25-13-16-29-28(18-25)33-31(34(29)19-24-9-6-10-26(32)17-24)38-21-23-11-14-27(15-12-23)37-20-22-7-4-3-5-8-22/h3-18H,2,19-21H2,1H3. The molecule has 0 atom stereocenters. The van der Waals surface area contributed by atoms with Crippen molar-refractivity contribution in [2.24, 2.45) is 0 Å². The largest absolute Gasteiger partial charge is 0.489 e. The number of aromatic nitrogens is 2.